The standard InChI is InChI=1S/C65H105NO8/c1-3-5-7-9-11-13-15-16-17-18-19-20-21-22-23-24-25-26-27-28-29-30-31-32-33-34-35-36-37-38-39-40-41-42-43-44-45-47-49-51-53-55-61(69)66-58(57-73-65-64(72)63(71)62(70)60(56-67)74-65)59(68)54-52-50-48-46-14-12-10-8-6-4-2/h5,7,11,13,16-17,19-20,22-23,25-26,28-29,31-32,34-35,37-38,40-41,43-44,58-60,62-65,67-68,70-72H,3-4,6,8-10,12,14-15,18,21,24,27,30,33,36,39,42,45-57H2,1-2H3,(H,66,69)/b7-5-,13-11-,17-16-,20-19-,23-22-,26-25-,29-28-,32-31-,35-34-,38-37-,41-40-,44-43-. The molecular formula is C65H105NO8. The van der Waals surface area contributed by atoms with Gasteiger partial charge in [0, 0.05) is 6.42 Å². The van der Waals surface area contributed by atoms with Gasteiger partial charge >= 0.3 is 0 Å². The Morgan fingerprint density at radius 3 is 1.24 bits per heavy atom. The second kappa shape index (κ2) is 52.5. The molecule has 1 heterocycles. The number of rotatable bonds is 47. The maximum absolute atomic E-state index is 13.0. The minimum atomic E-state index is -1.57. The number of unbranched alkanes of at least 4 members (excludes halogenated alkanes) is 13. The van der Waals surface area contributed by atoms with E-state index < -0.39 is 49.5 Å². The first-order valence-corrected chi connectivity index (χ1v) is 29.0. The highest BCUT2D eigenvalue weighted by Crippen LogP contribution is 2.23. The Morgan fingerprint density at radius 1 is 0.473 bits per heavy atom. The molecule has 74 heavy (non-hydrogen) atoms. The number of aliphatic hydroxyl groups is 5. The van der Waals surface area contributed by atoms with E-state index in [0.717, 1.165) is 128 Å². The molecule has 418 valence electrons. The summed E-state index contributed by atoms with van der Waals surface area (Å²) in [6.07, 6.45) is 74.6. The summed E-state index contributed by atoms with van der Waals surface area (Å²) in [7, 11) is 0. The molecule has 1 amide bonds. The molecule has 0 aromatic carbocycles. The third-order valence-corrected chi connectivity index (χ3v) is 12.7. The molecule has 0 spiro atoms. The molecule has 1 aliphatic heterocycles. The number of aliphatic hydroxyl groups excluding tert-OH is 5. The van der Waals surface area contributed by atoms with E-state index in [1.165, 1.54) is 44.9 Å². The summed E-state index contributed by atoms with van der Waals surface area (Å²) < 4.78 is 11.2. The molecule has 0 radical (unpaired) electrons. The molecule has 9 heteroatoms. The van der Waals surface area contributed by atoms with Crippen LogP contribution in [0, 0.1) is 0 Å². The third-order valence-electron chi connectivity index (χ3n) is 12.7. The van der Waals surface area contributed by atoms with Crippen LogP contribution in [0.15, 0.2) is 146 Å². The van der Waals surface area contributed by atoms with Gasteiger partial charge in [-0.15, -0.1) is 0 Å². The lowest BCUT2D eigenvalue weighted by atomic mass is 9.99. The van der Waals surface area contributed by atoms with Crippen molar-refractivity contribution in [1.29, 1.82) is 0 Å². The summed E-state index contributed by atoms with van der Waals surface area (Å²) in [6.45, 7) is 3.66. The lowest BCUT2D eigenvalue weighted by Gasteiger charge is -2.40. The molecule has 0 aromatic heterocycles. The van der Waals surface area contributed by atoms with Gasteiger partial charge in [-0.1, -0.05) is 237 Å². The molecular weight excluding hydrogens is 923 g/mol. The van der Waals surface area contributed by atoms with E-state index >= 15 is 0 Å². The number of nitrogens with one attached hydrogen (secondary N) is 1. The van der Waals surface area contributed by atoms with Crippen LogP contribution in [-0.4, -0.2) is 87.5 Å². The predicted octanol–water partition coefficient (Wildman–Crippen LogP) is 14.7. The molecule has 0 saturated carbocycles. The number of allylic oxidation sites excluding steroid dienone is 24. The number of ether oxygens (including phenoxy) is 2. The van der Waals surface area contributed by atoms with Crippen molar-refractivity contribution < 1.29 is 39.8 Å². The van der Waals surface area contributed by atoms with Crippen molar-refractivity contribution >= 4 is 5.91 Å². The summed E-state index contributed by atoms with van der Waals surface area (Å²) in [4.78, 5) is 13.0. The van der Waals surface area contributed by atoms with Crippen LogP contribution in [0.3, 0.4) is 0 Å². The van der Waals surface area contributed by atoms with Gasteiger partial charge in [0.25, 0.3) is 0 Å². The monoisotopic (exact) mass is 1030 g/mol. The molecule has 7 atom stereocenters. The highest BCUT2D eigenvalue weighted by molar-refractivity contribution is 5.76. The van der Waals surface area contributed by atoms with Crippen LogP contribution in [0.4, 0.5) is 0 Å². The predicted molar refractivity (Wildman–Crippen MR) is 313 cm³/mol. The van der Waals surface area contributed by atoms with Gasteiger partial charge in [-0.25, -0.2) is 0 Å². The largest absolute Gasteiger partial charge is 0.394 e. The van der Waals surface area contributed by atoms with Crippen molar-refractivity contribution in [2.24, 2.45) is 0 Å². The van der Waals surface area contributed by atoms with Crippen molar-refractivity contribution in [3.05, 3.63) is 146 Å². The number of carbonyl (C=O) groups excluding carboxylic acids is 1. The zero-order valence-electron chi connectivity index (χ0n) is 46.3. The van der Waals surface area contributed by atoms with Crippen LogP contribution >= 0.6 is 0 Å². The molecule has 0 aromatic rings. The first-order valence-electron chi connectivity index (χ1n) is 29.0. The first-order chi connectivity index (χ1) is 36.3. The number of amides is 1. The van der Waals surface area contributed by atoms with Gasteiger partial charge < -0.3 is 40.3 Å². The van der Waals surface area contributed by atoms with E-state index in [0.29, 0.717) is 12.8 Å². The fraction of sp³-hybridized carbons (Fsp3) is 0.615. The number of carbonyl (C=O) groups is 1. The van der Waals surface area contributed by atoms with E-state index in [1.54, 1.807) is 0 Å². The minimum absolute atomic E-state index is 0.158. The highest BCUT2D eigenvalue weighted by Gasteiger charge is 2.44. The molecule has 1 rings (SSSR count). The molecule has 7 unspecified atom stereocenters. The minimum Gasteiger partial charge on any atom is -0.394 e. The maximum atomic E-state index is 13.0. The molecule has 6 N–H and O–H groups in total. The Bertz CT molecular complexity index is 1660. The van der Waals surface area contributed by atoms with Crippen LogP contribution in [0.5, 0.6) is 0 Å². The van der Waals surface area contributed by atoms with Crippen LogP contribution in [0.25, 0.3) is 0 Å². The third kappa shape index (κ3) is 41.3. The van der Waals surface area contributed by atoms with Crippen molar-refractivity contribution in [3.63, 3.8) is 0 Å². The summed E-state index contributed by atoms with van der Waals surface area (Å²) in [6, 6.07) is -0.741. The Labute approximate surface area is 451 Å². The topological polar surface area (TPSA) is 149 Å². The lowest BCUT2D eigenvalue weighted by molar-refractivity contribution is -0.302. The van der Waals surface area contributed by atoms with Crippen molar-refractivity contribution in [1.82, 2.24) is 5.32 Å². The fourth-order valence-corrected chi connectivity index (χ4v) is 8.14. The molecule has 1 saturated heterocycles. The second-order valence-electron chi connectivity index (χ2n) is 19.4. The fourth-order valence-electron chi connectivity index (χ4n) is 8.14. The normalized spacial score (nSPS) is 20.1. The molecule has 1 aliphatic rings. The average molecular weight is 1030 g/mol. The second-order valence-corrected chi connectivity index (χ2v) is 19.4. The summed E-state index contributed by atoms with van der Waals surface area (Å²) in [5.41, 5.74) is 0. The Balaban J connectivity index is 2.16. The Hall–Kier alpha value is -3.93. The van der Waals surface area contributed by atoms with Gasteiger partial charge in [-0.3, -0.25) is 4.79 Å². The van der Waals surface area contributed by atoms with Crippen LogP contribution < -0.4 is 5.32 Å². The Kier molecular flexibility index (Phi) is 48.3. The van der Waals surface area contributed by atoms with Gasteiger partial charge in [0.15, 0.2) is 6.29 Å². The summed E-state index contributed by atoms with van der Waals surface area (Å²) >= 11 is 0. The van der Waals surface area contributed by atoms with Crippen molar-refractivity contribution in [3.8, 4) is 0 Å². The number of hydrogen-bond acceptors (Lipinski definition) is 8. The summed E-state index contributed by atoms with van der Waals surface area (Å²) in [5.74, 6) is -0.177. The zero-order chi connectivity index (χ0) is 53.6. The van der Waals surface area contributed by atoms with Gasteiger partial charge in [0.1, 0.15) is 24.4 Å². The molecule has 9 nitrogen and oxygen atoms in total. The van der Waals surface area contributed by atoms with E-state index in [9.17, 15) is 30.3 Å². The van der Waals surface area contributed by atoms with E-state index in [-0.39, 0.29) is 12.5 Å². The lowest BCUT2D eigenvalue weighted by Crippen LogP contribution is -2.60. The van der Waals surface area contributed by atoms with Crippen LogP contribution in [0.2, 0.25) is 0 Å². The van der Waals surface area contributed by atoms with Gasteiger partial charge in [-0.2, -0.15) is 0 Å². The Morgan fingerprint density at radius 2 is 0.838 bits per heavy atom. The van der Waals surface area contributed by atoms with Crippen molar-refractivity contribution in [2.75, 3.05) is 13.2 Å². The van der Waals surface area contributed by atoms with Gasteiger partial charge in [0.2, 0.25) is 5.91 Å². The zero-order valence-corrected chi connectivity index (χ0v) is 46.3. The van der Waals surface area contributed by atoms with E-state index in [2.05, 4.69) is 165 Å². The van der Waals surface area contributed by atoms with Crippen LogP contribution in [-0.2, 0) is 14.3 Å². The van der Waals surface area contributed by atoms with Gasteiger partial charge in [0.05, 0.1) is 25.4 Å². The SMILES string of the molecule is CC/C=C\C/C=C\C/C=C\C/C=C\C/C=C\C/C=C\C/C=C\C/C=C\C/C=C\C/C=C\C/C=C\C/C=C\CCCCCCC(=O)NC(COC1OC(CO)C(O)C(O)C1O)C(O)CCCCCCCCCCCC. The van der Waals surface area contributed by atoms with E-state index in [4.69, 9.17) is 9.47 Å². The quantitative estimate of drug-likeness (QED) is 0.0261. The number of hydrogen-bond donors (Lipinski definition) is 6. The van der Waals surface area contributed by atoms with Gasteiger partial charge in [-0.05, 0) is 103 Å². The first kappa shape index (κ1) is 68.1. The average Bonchev–Trinajstić information content (AvgIpc) is 3.40. The van der Waals surface area contributed by atoms with Crippen LogP contribution in [0.1, 0.15) is 200 Å². The van der Waals surface area contributed by atoms with E-state index in [1.807, 2.05) is 0 Å². The molecule has 0 bridgehead atoms. The molecule has 1 fully saturated rings. The molecule has 0 aliphatic carbocycles. The smallest absolute Gasteiger partial charge is 0.220 e. The highest BCUT2D eigenvalue weighted by atomic mass is 16.7. The summed E-state index contributed by atoms with van der Waals surface area (Å²) in [5, 5.41) is 54.4. The maximum Gasteiger partial charge on any atom is 0.220 e. The van der Waals surface area contributed by atoms with Crippen molar-refractivity contribution in [2.45, 2.75) is 243 Å².